The monoisotopic (exact) mass is 263 g/mol. The second-order valence-corrected chi connectivity index (χ2v) is 6.07. The summed E-state index contributed by atoms with van der Waals surface area (Å²) in [7, 11) is 0. The molecule has 1 aromatic heterocycles. The zero-order valence-electron chi connectivity index (χ0n) is 11.9. The van der Waals surface area contributed by atoms with Crippen molar-refractivity contribution in [3.05, 3.63) is 5.82 Å². The van der Waals surface area contributed by atoms with Crippen LogP contribution in [0, 0.1) is 5.92 Å². The minimum Gasteiger partial charge on any atom is -0.338 e. The Kier molecular flexibility index (Phi) is 4.01. The SMILES string of the molecule is CC1CCC(c2nc(N3CCCNCC3)n[nH]2)CC1. The molecule has 2 fully saturated rings. The zero-order chi connectivity index (χ0) is 13.1. The third-order valence-corrected chi connectivity index (χ3v) is 4.52. The molecule has 19 heavy (non-hydrogen) atoms. The van der Waals surface area contributed by atoms with Crippen molar-refractivity contribution < 1.29 is 0 Å². The Morgan fingerprint density at radius 1 is 1.11 bits per heavy atom. The van der Waals surface area contributed by atoms with E-state index in [4.69, 9.17) is 4.98 Å². The zero-order valence-corrected chi connectivity index (χ0v) is 11.9. The largest absolute Gasteiger partial charge is 0.338 e. The number of rotatable bonds is 2. The van der Waals surface area contributed by atoms with Gasteiger partial charge in [-0.25, -0.2) is 0 Å². The summed E-state index contributed by atoms with van der Waals surface area (Å²) < 4.78 is 0. The van der Waals surface area contributed by atoms with Gasteiger partial charge in [0.05, 0.1) is 0 Å². The predicted octanol–water partition coefficient (Wildman–Crippen LogP) is 1.90. The molecule has 2 heterocycles. The van der Waals surface area contributed by atoms with Gasteiger partial charge in [0.2, 0.25) is 5.95 Å². The fourth-order valence-corrected chi connectivity index (χ4v) is 3.17. The van der Waals surface area contributed by atoms with Gasteiger partial charge in [0, 0.05) is 25.6 Å². The van der Waals surface area contributed by atoms with Gasteiger partial charge in [-0.1, -0.05) is 19.8 Å². The first-order valence-corrected chi connectivity index (χ1v) is 7.71. The first-order chi connectivity index (χ1) is 9.33. The maximum Gasteiger partial charge on any atom is 0.244 e. The van der Waals surface area contributed by atoms with Crippen LogP contribution in [0.2, 0.25) is 0 Å². The van der Waals surface area contributed by atoms with Gasteiger partial charge in [-0.15, -0.1) is 5.10 Å². The molecule has 106 valence electrons. The number of aromatic nitrogens is 3. The van der Waals surface area contributed by atoms with Crippen LogP contribution in [0.5, 0.6) is 0 Å². The van der Waals surface area contributed by atoms with Crippen LogP contribution in [0.1, 0.15) is 50.8 Å². The molecular formula is C14H25N5. The molecule has 5 nitrogen and oxygen atoms in total. The molecule has 3 rings (SSSR count). The molecule has 2 aliphatic rings. The van der Waals surface area contributed by atoms with Crippen molar-refractivity contribution in [3.8, 4) is 0 Å². The molecule has 0 aromatic carbocycles. The van der Waals surface area contributed by atoms with Crippen LogP contribution >= 0.6 is 0 Å². The number of H-pyrrole nitrogens is 1. The van der Waals surface area contributed by atoms with Gasteiger partial charge < -0.3 is 10.2 Å². The van der Waals surface area contributed by atoms with Gasteiger partial charge in [0.15, 0.2) is 0 Å². The summed E-state index contributed by atoms with van der Waals surface area (Å²) in [5, 5.41) is 11.0. The molecule has 0 bridgehead atoms. The van der Waals surface area contributed by atoms with E-state index < -0.39 is 0 Å². The Labute approximate surface area is 115 Å². The van der Waals surface area contributed by atoms with Crippen LogP contribution < -0.4 is 10.2 Å². The Morgan fingerprint density at radius 3 is 2.79 bits per heavy atom. The van der Waals surface area contributed by atoms with E-state index in [1.54, 1.807) is 0 Å². The van der Waals surface area contributed by atoms with E-state index >= 15 is 0 Å². The van der Waals surface area contributed by atoms with Crippen LogP contribution in [-0.2, 0) is 0 Å². The van der Waals surface area contributed by atoms with Crippen molar-refractivity contribution in [2.75, 3.05) is 31.1 Å². The number of aromatic amines is 1. The maximum absolute atomic E-state index is 4.76. The Balaban J connectivity index is 1.65. The molecule has 0 amide bonds. The fourth-order valence-electron chi connectivity index (χ4n) is 3.17. The molecule has 5 heteroatoms. The lowest BCUT2D eigenvalue weighted by Gasteiger charge is -2.24. The number of anilines is 1. The molecule has 2 N–H and O–H groups in total. The average Bonchev–Trinajstić information content (AvgIpc) is 2.76. The van der Waals surface area contributed by atoms with E-state index in [2.05, 4.69) is 27.3 Å². The summed E-state index contributed by atoms with van der Waals surface area (Å²) in [5.74, 6) is 3.49. The van der Waals surface area contributed by atoms with Gasteiger partial charge in [-0.05, 0) is 31.7 Å². The molecule has 1 aliphatic carbocycles. The summed E-state index contributed by atoms with van der Waals surface area (Å²) in [6.45, 7) is 6.57. The minimum absolute atomic E-state index is 0.600. The van der Waals surface area contributed by atoms with E-state index in [0.29, 0.717) is 5.92 Å². The van der Waals surface area contributed by atoms with Crippen LogP contribution in [0.3, 0.4) is 0 Å². The molecule has 1 aliphatic heterocycles. The fraction of sp³-hybridized carbons (Fsp3) is 0.857. The van der Waals surface area contributed by atoms with E-state index in [9.17, 15) is 0 Å². The Hall–Kier alpha value is -1.10. The van der Waals surface area contributed by atoms with E-state index in [-0.39, 0.29) is 0 Å². The first kappa shape index (κ1) is 12.9. The number of nitrogens with one attached hydrogen (secondary N) is 2. The average molecular weight is 263 g/mol. The topological polar surface area (TPSA) is 56.8 Å². The van der Waals surface area contributed by atoms with Crippen molar-refractivity contribution in [1.82, 2.24) is 20.5 Å². The van der Waals surface area contributed by atoms with Gasteiger partial charge in [0.25, 0.3) is 0 Å². The van der Waals surface area contributed by atoms with Crippen molar-refractivity contribution in [1.29, 1.82) is 0 Å². The smallest absolute Gasteiger partial charge is 0.244 e. The lowest BCUT2D eigenvalue weighted by atomic mass is 9.83. The summed E-state index contributed by atoms with van der Waals surface area (Å²) >= 11 is 0. The van der Waals surface area contributed by atoms with Crippen molar-refractivity contribution in [2.24, 2.45) is 5.92 Å². The Bertz CT molecular complexity index is 386. The van der Waals surface area contributed by atoms with Gasteiger partial charge in [0.1, 0.15) is 5.82 Å². The number of hydrogen-bond donors (Lipinski definition) is 2. The van der Waals surface area contributed by atoms with Gasteiger partial charge in [-0.3, -0.25) is 5.10 Å². The lowest BCUT2D eigenvalue weighted by Crippen LogP contribution is -2.28. The highest BCUT2D eigenvalue weighted by atomic mass is 15.4. The van der Waals surface area contributed by atoms with Crippen LogP contribution in [0.4, 0.5) is 5.95 Å². The molecule has 0 radical (unpaired) electrons. The van der Waals surface area contributed by atoms with E-state index in [0.717, 1.165) is 43.9 Å². The van der Waals surface area contributed by atoms with Crippen LogP contribution in [0.25, 0.3) is 0 Å². The second-order valence-electron chi connectivity index (χ2n) is 6.07. The quantitative estimate of drug-likeness (QED) is 0.855. The lowest BCUT2D eigenvalue weighted by molar-refractivity contribution is 0.340. The molecule has 0 spiro atoms. The maximum atomic E-state index is 4.76. The highest BCUT2D eigenvalue weighted by Crippen LogP contribution is 2.34. The molecule has 0 atom stereocenters. The van der Waals surface area contributed by atoms with E-state index in [1.165, 1.54) is 32.1 Å². The van der Waals surface area contributed by atoms with Gasteiger partial charge in [-0.2, -0.15) is 4.98 Å². The molecule has 1 saturated heterocycles. The molecule has 1 saturated carbocycles. The summed E-state index contributed by atoms with van der Waals surface area (Å²) in [6.07, 6.45) is 6.35. The third kappa shape index (κ3) is 3.08. The minimum atomic E-state index is 0.600. The predicted molar refractivity (Wildman–Crippen MR) is 76.5 cm³/mol. The highest BCUT2D eigenvalue weighted by Gasteiger charge is 2.23. The molecule has 1 aromatic rings. The number of hydrogen-bond acceptors (Lipinski definition) is 4. The van der Waals surface area contributed by atoms with Crippen LogP contribution in [0.15, 0.2) is 0 Å². The van der Waals surface area contributed by atoms with Gasteiger partial charge >= 0.3 is 0 Å². The number of nitrogens with zero attached hydrogens (tertiary/aromatic N) is 3. The second kappa shape index (κ2) is 5.90. The summed E-state index contributed by atoms with van der Waals surface area (Å²) in [6, 6.07) is 0. The van der Waals surface area contributed by atoms with Crippen molar-refractivity contribution >= 4 is 5.95 Å². The molecular weight excluding hydrogens is 238 g/mol. The third-order valence-electron chi connectivity index (χ3n) is 4.52. The Morgan fingerprint density at radius 2 is 1.95 bits per heavy atom. The highest BCUT2D eigenvalue weighted by molar-refractivity contribution is 5.29. The van der Waals surface area contributed by atoms with Crippen molar-refractivity contribution in [3.63, 3.8) is 0 Å². The van der Waals surface area contributed by atoms with Crippen molar-refractivity contribution in [2.45, 2.75) is 44.9 Å². The van der Waals surface area contributed by atoms with Crippen LogP contribution in [-0.4, -0.2) is 41.4 Å². The normalized spacial score (nSPS) is 29.2. The summed E-state index contributed by atoms with van der Waals surface area (Å²) in [5.41, 5.74) is 0. The van der Waals surface area contributed by atoms with E-state index in [1.807, 2.05) is 0 Å². The molecule has 0 unspecified atom stereocenters. The first-order valence-electron chi connectivity index (χ1n) is 7.71. The standard InChI is InChI=1S/C14H25N5/c1-11-3-5-12(6-4-11)13-16-14(18-17-13)19-9-2-7-15-8-10-19/h11-12,15H,2-10H2,1H3,(H,16,17,18). The summed E-state index contributed by atoms with van der Waals surface area (Å²) in [4.78, 5) is 7.05.